The molecule has 0 spiro atoms. The molecule has 0 radical (unpaired) electrons. The Hall–Kier alpha value is -2.41. The van der Waals surface area contributed by atoms with Crippen LogP contribution in [0.3, 0.4) is 0 Å². The molecule has 2 fully saturated rings. The average Bonchev–Trinajstić information content (AvgIpc) is 3.56. The van der Waals surface area contributed by atoms with Crippen LogP contribution < -0.4 is 10.1 Å². The van der Waals surface area contributed by atoms with Crippen LogP contribution >= 0.6 is 0 Å². The van der Waals surface area contributed by atoms with E-state index in [1.54, 1.807) is 18.2 Å². The highest BCUT2D eigenvalue weighted by Crippen LogP contribution is 2.29. The summed E-state index contributed by atoms with van der Waals surface area (Å²) in [6.45, 7) is 1.36. The zero-order chi connectivity index (χ0) is 38.3. The van der Waals surface area contributed by atoms with Gasteiger partial charge in [0.25, 0.3) is 0 Å². The summed E-state index contributed by atoms with van der Waals surface area (Å²) in [6.07, 6.45) is 0.845. The molecular formula is C38H62N2O13. The number of amides is 1. The van der Waals surface area contributed by atoms with Crippen molar-refractivity contribution in [3.8, 4) is 5.75 Å². The van der Waals surface area contributed by atoms with Crippen molar-refractivity contribution in [2.45, 2.75) is 164 Å². The Kier molecular flexibility index (Phi) is 18.2. The molecule has 11 atom stereocenters. The first-order chi connectivity index (χ1) is 25.5. The number of unbranched alkanes of at least 4 members (excludes halogenated alkanes) is 9. The number of hydrogen-bond acceptors (Lipinski definition) is 13. The molecule has 0 bridgehead atoms. The topological polar surface area (TPSA) is 244 Å². The lowest BCUT2D eigenvalue weighted by molar-refractivity contribution is -0.323. The van der Waals surface area contributed by atoms with Crippen LogP contribution in [0.15, 0.2) is 24.4 Å². The molecular weight excluding hydrogens is 692 g/mol. The Labute approximate surface area is 311 Å². The molecule has 2 aliphatic heterocycles. The molecule has 1 unspecified atom stereocenters. The number of ether oxygens (including phenoxy) is 4. The van der Waals surface area contributed by atoms with Gasteiger partial charge in [-0.05, 0) is 49.4 Å². The maximum absolute atomic E-state index is 12.5. The van der Waals surface area contributed by atoms with E-state index in [1.165, 1.54) is 38.5 Å². The van der Waals surface area contributed by atoms with Crippen molar-refractivity contribution in [2.24, 2.45) is 0 Å². The second kappa shape index (κ2) is 22.2. The highest BCUT2D eigenvalue weighted by atomic mass is 16.7. The monoisotopic (exact) mass is 754 g/mol. The Morgan fingerprint density at radius 3 is 2.08 bits per heavy atom. The van der Waals surface area contributed by atoms with Gasteiger partial charge in [-0.25, -0.2) is 0 Å². The van der Waals surface area contributed by atoms with Crippen LogP contribution in [0.5, 0.6) is 5.75 Å². The molecule has 302 valence electrons. The third-order valence-corrected chi connectivity index (χ3v) is 10.3. The standard InChI is InChI=1S/C38H62N2O13/c1-2-24(42)13-11-9-7-5-3-4-6-8-10-12-14-30(43)39-18-17-23-20-40-27-16-15-25(19-26(23)27)51-38-36(49)34(47)32(45)29(53-38)22-50-37-35(48)33(46)31(44)28(21-41)52-37/h15-16,19-20,24,28-29,31-38,40-42,44-49H,2-14,17-18,21-22H2,1H3,(H,39,43)/t24?,28-,29-,31-,32-,33-,34-,35+,36+,37+,38+/m1/s1. The van der Waals surface area contributed by atoms with Gasteiger partial charge in [0, 0.05) is 30.1 Å². The molecule has 2 aliphatic rings. The van der Waals surface area contributed by atoms with E-state index < -0.39 is 74.6 Å². The van der Waals surface area contributed by atoms with E-state index >= 15 is 0 Å². The molecule has 2 aromatic rings. The van der Waals surface area contributed by atoms with Crippen molar-refractivity contribution in [1.82, 2.24) is 10.3 Å². The van der Waals surface area contributed by atoms with E-state index in [-0.39, 0.29) is 12.0 Å². The molecule has 1 amide bonds. The summed E-state index contributed by atoms with van der Waals surface area (Å²) < 4.78 is 22.5. The molecule has 15 heteroatoms. The van der Waals surface area contributed by atoms with Gasteiger partial charge in [0.05, 0.1) is 19.3 Å². The van der Waals surface area contributed by atoms with Crippen molar-refractivity contribution >= 4 is 16.8 Å². The van der Waals surface area contributed by atoms with E-state index in [1.807, 2.05) is 13.1 Å². The summed E-state index contributed by atoms with van der Waals surface area (Å²) in [4.78, 5) is 15.7. The number of rotatable bonds is 23. The number of H-pyrrole nitrogens is 1. The fraction of sp³-hybridized carbons (Fsp3) is 0.763. The van der Waals surface area contributed by atoms with Gasteiger partial charge in [-0.1, -0.05) is 64.7 Å². The van der Waals surface area contributed by atoms with Crippen molar-refractivity contribution in [3.63, 3.8) is 0 Å². The molecule has 0 aliphatic carbocycles. The molecule has 4 rings (SSSR count). The first-order valence-electron chi connectivity index (χ1n) is 19.4. The Morgan fingerprint density at radius 2 is 1.42 bits per heavy atom. The Balaban J connectivity index is 1.16. The molecule has 53 heavy (non-hydrogen) atoms. The Morgan fingerprint density at radius 1 is 0.811 bits per heavy atom. The van der Waals surface area contributed by atoms with E-state index in [4.69, 9.17) is 18.9 Å². The maximum Gasteiger partial charge on any atom is 0.229 e. The number of carbonyl (C=O) groups excluding carboxylic acids is 1. The van der Waals surface area contributed by atoms with Gasteiger partial charge in [-0.2, -0.15) is 0 Å². The third-order valence-electron chi connectivity index (χ3n) is 10.3. The van der Waals surface area contributed by atoms with Crippen LogP contribution in [-0.2, 0) is 25.4 Å². The lowest BCUT2D eigenvalue weighted by Gasteiger charge is -2.42. The van der Waals surface area contributed by atoms with Gasteiger partial charge in [-0.15, -0.1) is 0 Å². The smallest absolute Gasteiger partial charge is 0.229 e. The minimum absolute atomic E-state index is 0.0244. The van der Waals surface area contributed by atoms with Crippen LogP contribution in [0.2, 0.25) is 0 Å². The van der Waals surface area contributed by atoms with Crippen molar-refractivity contribution in [3.05, 3.63) is 30.0 Å². The number of benzene rings is 1. The Bertz CT molecular complexity index is 1340. The molecule has 3 heterocycles. The van der Waals surface area contributed by atoms with Crippen molar-refractivity contribution in [1.29, 1.82) is 0 Å². The summed E-state index contributed by atoms with van der Waals surface area (Å²) in [5.41, 5.74) is 1.77. The second-order valence-corrected chi connectivity index (χ2v) is 14.4. The summed E-state index contributed by atoms with van der Waals surface area (Å²) in [7, 11) is 0. The highest BCUT2D eigenvalue weighted by molar-refractivity contribution is 5.84. The lowest BCUT2D eigenvalue weighted by Crippen LogP contribution is -2.62. The number of aromatic amines is 1. The van der Waals surface area contributed by atoms with E-state index in [0.29, 0.717) is 25.1 Å². The van der Waals surface area contributed by atoms with Gasteiger partial charge in [0.15, 0.2) is 6.29 Å². The number of carbonyl (C=O) groups is 1. The van der Waals surface area contributed by atoms with E-state index in [2.05, 4.69) is 10.3 Å². The lowest BCUT2D eigenvalue weighted by atomic mass is 9.98. The zero-order valence-corrected chi connectivity index (χ0v) is 30.8. The predicted octanol–water partition coefficient (Wildman–Crippen LogP) is 1.28. The molecule has 10 N–H and O–H groups in total. The molecule has 1 aromatic carbocycles. The van der Waals surface area contributed by atoms with Crippen molar-refractivity contribution in [2.75, 3.05) is 19.8 Å². The first-order valence-corrected chi connectivity index (χ1v) is 19.4. The van der Waals surface area contributed by atoms with Crippen LogP contribution in [0.4, 0.5) is 0 Å². The number of aliphatic hydroxyl groups excluding tert-OH is 8. The quantitative estimate of drug-likeness (QED) is 0.0720. The van der Waals surface area contributed by atoms with Crippen LogP contribution in [0.25, 0.3) is 10.9 Å². The summed E-state index contributed by atoms with van der Waals surface area (Å²) in [5, 5.41) is 84.9. The van der Waals surface area contributed by atoms with Gasteiger partial charge in [0.1, 0.15) is 54.6 Å². The maximum atomic E-state index is 12.5. The highest BCUT2D eigenvalue weighted by Gasteiger charge is 2.48. The first kappa shape index (κ1) is 43.3. The van der Waals surface area contributed by atoms with Gasteiger partial charge in [0.2, 0.25) is 12.2 Å². The number of nitrogens with one attached hydrogen (secondary N) is 2. The van der Waals surface area contributed by atoms with Crippen LogP contribution in [0.1, 0.15) is 96.0 Å². The van der Waals surface area contributed by atoms with Gasteiger partial charge < -0.3 is 70.1 Å². The molecule has 0 saturated carbocycles. The van der Waals surface area contributed by atoms with Gasteiger partial charge in [-0.3, -0.25) is 4.79 Å². The van der Waals surface area contributed by atoms with Crippen LogP contribution in [0, 0.1) is 0 Å². The average molecular weight is 755 g/mol. The SMILES string of the molecule is CCC(O)CCCCCCCCCCCCC(=O)NCCc1c[nH]c2ccc(O[C@H]3O[C@H](CO[C@H]4O[C@H](CO)[C@@H](O)[C@@H](O)[C@@H]4O)[C@@H](O)[C@@H](O)[C@@H]3O)cc12. The normalized spacial score (nSPS) is 29.7. The van der Waals surface area contributed by atoms with Gasteiger partial charge >= 0.3 is 0 Å². The predicted molar refractivity (Wildman–Crippen MR) is 194 cm³/mol. The third kappa shape index (κ3) is 12.8. The summed E-state index contributed by atoms with van der Waals surface area (Å²) in [5.74, 6) is 0.336. The molecule has 15 nitrogen and oxygen atoms in total. The van der Waals surface area contributed by atoms with E-state index in [0.717, 1.165) is 55.0 Å². The number of fused-ring (bicyclic) bond motifs is 1. The summed E-state index contributed by atoms with van der Waals surface area (Å²) in [6, 6.07) is 5.18. The largest absolute Gasteiger partial charge is 0.462 e. The number of aromatic nitrogens is 1. The molecule has 1 aromatic heterocycles. The molecule has 2 saturated heterocycles. The van der Waals surface area contributed by atoms with E-state index in [9.17, 15) is 45.6 Å². The zero-order valence-electron chi connectivity index (χ0n) is 30.8. The summed E-state index contributed by atoms with van der Waals surface area (Å²) >= 11 is 0. The van der Waals surface area contributed by atoms with Crippen molar-refractivity contribution < 1.29 is 64.6 Å². The minimum Gasteiger partial charge on any atom is -0.462 e. The number of hydrogen-bond donors (Lipinski definition) is 10. The number of aliphatic hydroxyl groups is 8. The second-order valence-electron chi connectivity index (χ2n) is 14.4. The minimum atomic E-state index is -1.68. The fourth-order valence-corrected chi connectivity index (χ4v) is 6.83. The van der Waals surface area contributed by atoms with Crippen LogP contribution in [-0.4, -0.2) is 139 Å². The fourth-order valence-electron chi connectivity index (χ4n) is 6.83.